The van der Waals surface area contributed by atoms with Gasteiger partial charge in [-0.25, -0.2) is 0 Å². The van der Waals surface area contributed by atoms with E-state index in [2.05, 4.69) is 0 Å². The van der Waals surface area contributed by atoms with Crippen molar-refractivity contribution in [3.8, 4) is 0 Å². The number of hydrogen-bond donors (Lipinski definition) is 1. The highest BCUT2D eigenvalue weighted by atomic mass is 35.5. The second-order valence-corrected chi connectivity index (χ2v) is 4.93. The molecule has 1 aliphatic heterocycles. The molecule has 0 aliphatic carbocycles. The molecule has 1 saturated heterocycles. The zero-order valence-corrected chi connectivity index (χ0v) is 10.9. The van der Waals surface area contributed by atoms with Crippen LogP contribution in [0.3, 0.4) is 0 Å². The average molecular weight is 276 g/mol. The fourth-order valence-electron chi connectivity index (χ4n) is 1.84. The second kappa shape index (κ2) is 6.03. The van der Waals surface area contributed by atoms with Crippen molar-refractivity contribution < 1.29 is 9.47 Å². The van der Waals surface area contributed by atoms with Gasteiger partial charge < -0.3 is 15.2 Å². The summed E-state index contributed by atoms with van der Waals surface area (Å²) >= 11 is 12.0. The van der Waals surface area contributed by atoms with Crippen LogP contribution in [0.1, 0.15) is 5.56 Å². The van der Waals surface area contributed by atoms with Gasteiger partial charge >= 0.3 is 0 Å². The molecule has 0 aromatic heterocycles. The first-order valence-electron chi connectivity index (χ1n) is 5.55. The minimum absolute atomic E-state index is 0.0706. The predicted molar refractivity (Wildman–Crippen MR) is 68.7 cm³/mol. The van der Waals surface area contributed by atoms with Gasteiger partial charge in [0.05, 0.1) is 25.9 Å². The van der Waals surface area contributed by atoms with Crippen LogP contribution < -0.4 is 5.73 Å². The summed E-state index contributed by atoms with van der Waals surface area (Å²) in [6.45, 7) is 1.78. The van der Waals surface area contributed by atoms with E-state index in [0.717, 1.165) is 5.56 Å². The molecule has 17 heavy (non-hydrogen) atoms. The molecule has 1 aliphatic rings. The third-order valence-electron chi connectivity index (χ3n) is 2.78. The SMILES string of the molecule is NC(Cc1cc(Cl)ccc1Cl)C1COCCO1. The lowest BCUT2D eigenvalue weighted by Gasteiger charge is -2.28. The fourth-order valence-corrected chi connectivity index (χ4v) is 2.23. The monoisotopic (exact) mass is 275 g/mol. The summed E-state index contributed by atoms with van der Waals surface area (Å²) in [5, 5.41) is 1.35. The molecule has 0 spiro atoms. The predicted octanol–water partition coefficient (Wildman–Crippen LogP) is 2.28. The molecular weight excluding hydrogens is 261 g/mol. The highest BCUT2D eigenvalue weighted by Crippen LogP contribution is 2.22. The molecule has 94 valence electrons. The Morgan fingerprint density at radius 2 is 2.18 bits per heavy atom. The Hall–Kier alpha value is -0.320. The molecule has 5 heteroatoms. The van der Waals surface area contributed by atoms with E-state index < -0.39 is 0 Å². The van der Waals surface area contributed by atoms with Crippen molar-refractivity contribution in [2.24, 2.45) is 5.73 Å². The van der Waals surface area contributed by atoms with E-state index in [1.54, 1.807) is 12.1 Å². The summed E-state index contributed by atoms with van der Waals surface area (Å²) in [7, 11) is 0. The van der Waals surface area contributed by atoms with Crippen LogP contribution in [0.25, 0.3) is 0 Å². The van der Waals surface area contributed by atoms with E-state index >= 15 is 0 Å². The zero-order chi connectivity index (χ0) is 12.3. The van der Waals surface area contributed by atoms with E-state index in [9.17, 15) is 0 Å². The molecule has 2 rings (SSSR count). The summed E-state index contributed by atoms with van der Waals surface area (Å²) in [5.41, 5.74) is 7.04. The Labute approximate surface area is 111 Å². The number of ether oxygens (including phenoxy) is 2. The fraction of sp³-hybridized carbons (Fsp3) is 0.500. The van der Waals surface area contributed by atoms with Crippen molar-refractivity contribution >= 4 is 23.2 Å². The van der Waals surface area contributed by atoms with Gasteiger partial charge in [0.25, 0.3) is 0 Å². The summed E-state index contributed by atoms with van der Waals surface area (Å²) in [5.74, 6) is 0. The minimum Gasteiger partial charge on any atom is -0.376 e. The molecule has 2 atom stereocenters. The summed E-state index contributed by atoms with van der Waals surface area (Å²) in [4.78, 5) is 0. The standard InChI is InChI=1S/C12H15Cl2NO2/c13-9-1-2-10(14)8(5-9)6-11(15)12-7-16-3-4-17-12/h1-2,5,11-12H,3-4,6-7,15H2. The average Bonchev–Trinajstić information content (AvgIpc) is 2.35. The van der Waals surface area contributed by atoms with Crippen LogP contribution in [0.2, 0.25) is 10.0 Å². The molecule has 1 aromatic rings. The van der Waals surface area contributed by atoms with Crippen molar-refractivity contribution in [1.29, 1.82) is 0 Å². The molecule has 0 amide bonds. The molecule has 2 N–H and O–H groups in total. The van der Waals surface area contributed by atoms with E-state index in [1.807, 2.05) is 6.07 Å². The van der Waals surface area contributed by atoms with Crippen LogP contribution in [-0.2, 0) is 15.9 Å². The van der Waals surface area contributed by atoms with Crippen molar-refractivity contribution in [3.05, 3.63) is 33.8 Å². The summed E-state index contributed by atoms with van der Waals surface area (Å²) in [6.07, 6.45) is 0.562. The van der Waals surface area contributed by atoms with Gasteiger partial charge in [-0.2, -0.15) is 0 Å². The molecule has 1 fully saturated rings. The second-order valence-electron chi connectivity index (χ2n) is 4.09. The lowest BCUT2D eigenvalue weighted by Crippen LogP contribution is -2.44. The van der Waals surface area contributed by atoms with Gasteiger partial charge in [-0.15, -0.1) is 0 Å². The molecule has 0 saturated carbocycles. The Balaban J connectivity index is 2.01. The quantitative estimate of drug-likeness (QED) is 0.921. The van der Waals surface area contributed by atoms with Gasteiger partial charge in [0, 0.05) is 16.1 Å². The van der Waals surface area contributed by atoms with Crippen LogP contribution in [0.5, 0.6) is 0 Å². The highest BCUT2D eigenvalue weighted by Gasteiger charge is 2.22. The van der Waals surface area contributed by atoms with Crippen LogP contribution in [-0.4, -0.2) is 32.0 Å². The van der Waals surface area contributed by atoms with Gasteiger partial charge in [-0.1, -0.05) is 23.2 Å². The van der Waals surface area contributed by atoms with E-state index in [4.69, 9.17) is 38.4 Å². The molecule has 0 radical (unpaired) electrons. The normalized spacial score (nSPS) is 22.4. The summed E-state index contributed by atoms with van der Waals surface area (Å²) in [6, 6.07) is 5.25. The molecule has 1 aromatic carbocycles. The molecular formula is C12H15Cl2NO2. The van der Waals surface area contributed by atoms with Crippen molar-refractivity contribution in [3.63, 3.8) is 0 Å². The number of benzene rings is 1. The van der Waals surface area contributed by atoms with Crippen LogP contribution in [0, 0.1) is 0 Å². The number of halogens is 2. The first-order chi connectivity index (χ1) is 8.16. The Morgan fingerprint density at radius 3 is 2.88 bits per heavy atom. The smallest absolute Gasteiger partial charge is 0.0963 e. The Kier molecular flexibility index (Phi) is 4.65. The van der Waals surface area contributed by atoms with Gasteiger partial charge in [0.1, 0.15) is 0 Å². The maximum atomic E-state index is 6.09. The minimum atomic E-state index is -0.133. The van der Waals surface area contributed by atoms with E-state index in [-0.39, 0.29) is 12.1 Å². The van der Waals surface area contributed by atoms with Gasteiger partial charge in [-0.05, 0) is 30.2 Å². The maximum absolute atomic E-state index is 6.09. The lowest BCUT2D eigenvalue weighted by molar-refractivity contribution is -0.0967. The summed E-state index contributed by atoms with van der Waals surface area (Å²) < 4.78 is 10.9. The van der Waals surface area contributed by atoms with Crippen molar-refractivity contribution in [2.75, 3.05) is 19.8 Å². The number of rotatable bonds is 3. The number of nitrogens with two attached hydrogens (primary N) is 1. The lowest BCUT2D eigenvalue weighted by atomic mass is 10.0. The van der Waals surface area contributed by atoms with Gasteiger partial charge in [0.15, 0.2) is 0 Å². The zero-order valence-electron chi connectivity index (χ0n) is 9.36. The molecule has 1 heterocycles. The number of hydrogen-bond acceptors (Lipinski definition) is 3. The van der Waals surface area contributed by atoms with Gasteiger partial charge in [0.2, 0.25) is 0 Å². The molecule has 0 bridgehead atoms. The van der Waals surface area contributed by atoms with Crippen molar-refractivity contribution in [1.82, 2.24) is 0 Å². The third kappa shape index (κ3) is 3.57. The highest BCUT2D eigenvalue weighted by molar-refractivity contribution is 6.33. The van der Waals surface area contributed by atoms with Crippen LogP contribution >= 0.6 is 23.2 Å². The van der Waals surface area contributed by atoms with Crippen LogP contribution in [0.4, 0.5) is 0 Å². The first kappa shape index (κ1) is 13.1. The topological polar surface area (TPSA) is 44.5 Å². The maximum Gasteiger partial charge on any atom is 0.0963 e. The first-order valence-corrected chi connectivity index (χ1v) is 6.31. The van der Waals surface area contributed by atoms with Crippen LogP contribution in [0.15, 0.2) is 18.2 Å². The molecule has 2 unspecified atom stereocenters. The third-order valence-corrected chi connectivity index (χ3v) is 3.39. The largest absolute Gasteiger partial charge is 0.376 e. The molecule has 3 nitrogen and oxygen atoms in total. The van der Waals surface area contributed by atoms with Crippen molar-refractivity contribution in [2.45, 2.75) is 18.6 Å². The Bertz CT molecular complexity index is 381. The Morgan fingerprint density at radius 1 is 1.35 bits per heavy atom. The van der Waals surface area contributed by atoms with Gasteiger partial charge in [-0.3, -0.25) is 0 Å². The van der Waals surface area contributed by atoms with E-state index in [1.165, 1.54) is 0 Å². The van der Waals surface area contributed by atoms with E-state index in [0.29, 0.717) is 36.3 Å².